The second-order valence-electron chi connectivity index (χ2n) is 3.34. The molecule has 1 N–H and O–H groups in total. The van der Waals surface area contributed by atoms with E-state index >= 15 is 0 Å². The van der Waals surface area contributed by atoms with E-state index in [0.29, 0.717) is 6.54 Å². The van der Waals surface area contributed by atoms with Crippen molar-refractivity contribution in [1.29, 1.82) is 0 Å². The van der Waals surface area contributed by atoms with Crippen LogP contribution in [0.25, 0.3) is 0 Å². The lowest BCUT2D eigenvalue weighted by molar-refractivity contribution is -0.137. The van der Waals surface area contributed by atoms with Crippen molar-refractivity contribution < 1.29 is 18.3 Å². The molecule has 0 unspecified atom stereocenters. The second kappa shape index (κ2) is 5.55. The first-order chi connectivity index (χ1) is 7.88. The number of hydrogen-bond donors (Lipinski definition) is 1. The molecule has 3 nitrogen and oxygen atoms in total. The summed E-state index contributed by atoms with van der Waals surface area (Å²) in [4.78, 5) is 5.33. The van der Waals surface area contributed by atoms with Crippen LogP contribution in [-0.2, 0) is 6.18 Å². The van der Waals surface area contributed by atoms with Crippen LogP contribution in [-0.4, -0.2) is 29.8 Å². The molecule has 96 valence electrons. The number of anilines is 1. The van der Waals surface area contributed by atoms with Gasteiger partial charge in [-0.25, -0.2) is 4.98 Å². The summed E-state index contributed by atoms with van der Waals surface area (Å²) in [6, 6.07) is 1.70. The Labute approximate surface area is 102 Å². The second-order valence-corrected chi connectivity index (χ2v) is 3.73. The Kier molecular flexibility index (Phi) is 4.59. The molecule has 1 aromatic heterocycles. The van der Waals surface area contributed by atoms with Gasteiger partial charge >= 0.3 is 6.18 Å². The van der Waals surface area contributed by atoms with Gasteiger partial charge in [0.05, 0.1) is 12.2 Å². The maximum Gasteiger partial charge on any atom is 0.416 e. The fraction of sp³-hybridized carbons (Fsp3) is 0.500. The van der Waals surface area contributed by atoms with Crippen molar-refractivity contribution in [2.24, 2.45) is 0 Å². The van der Waals surface area contributed by atoms with E-state index in [2.05, 4.69) is 4.98 Å². The van der Waals surface area contributed by atoms with Gasteiger partial charge in [-0.1, -0.05) is 11.6 Å². The Hall–Kier alpha value is -1.01. The fourth-order valence-electron chi connectivity index (χ4n) is 1.36. The van der Waals surface area contributed by atoms with Crippen molar-refractivity contribution >= 4 is 17.4 Å². The molecule has 0 atom stereocenters. The summed E-state index contributed by atoms with van der Waals surface area (Å²) >= 11 is 5.56. The van der Waals surface area contributed by atoms with E-state index in [1.165, 1.54) is 4.90 Å². The summed E-state index contributed by atoms with van der Waals surface area (Å²) < 4.78 is 37.6. The van der Waals surface area contributed by atoms with Crippen molar-refractivity contribution in [1.82, 2.24) is 4.98 Å². The van der Waals surface area contributed by atoms with Crippen LogP contribution in [0, 0.1) is 0 Å². The minimum absolute atomic E-state index is 0.112. The topological polar surface area (TPSA) is 36.4 Å². The summed E-state index contributed by atoms with van der Waals surface area (Å²) in [5, 5.41) is 8.59. The van der Waals surface area contributed by atoms with Crippen LogP contribution in [0.1, 0.15) is 12.5 Å². The lowest BCUT2D eigenvalue weighted by Crippen LogP contribution is -2.27. The first-order valence-electron chi connectivity index (χ1n) is 4.99. The van der Waals surface area contributed by atoms with Crippen LogP contribution in [0.2, 0.25) is 5.15 Å². The minimum Gasteiger partial charge on any atom is -0.395 e. The highest BCUT2D eigenvalue weighted by Gasteiger charge is 2.32. The summed E-state index contributed by atoms with van der Waals surface area (Å²) in [6.07, 6.45) is -4.46. The first kappa shape index (κ1) is 14.1. The maximum absolute atomic E-state index is 12.5. The van der Waals surface area contributed by atoms with Gasteiger partial charge in [0.1, 0.15) is 11.0 Å². The van der Waals surface area contributed by atoms with Crippen molar-refractivity contribution in [2.45, 2.75) is 13.1 Å². The molecule has 0 spiro atoms. The Balaban J connectivity index is 3.12. The molecular formula is C10H12ClF3N2O. The molecule has 0 aliphatic rings. The van der Waals surface area contributed by atoms with Crippen LogP contribution < -0.4 is 4.90 Å². The first-order valence-corrected chi connectivity index (χ1v) is 5.37. The molecule has 0 aliphatic heterocycles. The predicted octanol–water partition coefficient (Wildman–Crippen LogP) is 2.57. The van der Waals surface area contributed by atoms with Crippen LogP contribution in [0.5, 0.6) is 0 Å². The quantitative estimate of drug-likeness (QED) is 0.853. The van der Waals surface area contributed by atoms with Crippen molar-refractivity contribution in [3.05, 3.63) is 22.8 Å². The number of alkyl halides is 3. The molecule has 17 heavy (non-hydrogen) atoms. The standard InChI is InChI=1S/C10H12ClF3N2O/c1-2-16(3-4-17)9-6-7(10(12,13)14)5-8(11)15-9/h5-6,17H,2-4H2,1H3. The predicted molar refractivity (Wildman–Crippen MR) is 59.2 cm³/mol. The molecule has 0 saturated carbocycles. The Morgan fingerprint density at radius 2 is 2.06 bits per heavy atom. The van der Waals surface area contributed by atoms with E-state index in [9.17, 15) is 13.2 Å². The zero-order valence-corrected chi connectivity index (χ0v) is 9.89. The normalized spacial score (nSPS) is 11.6. The number of rotatable bonds is 4. The summed E-state index contributed by atoms with van der Waals surface area (Å²) in [5.74, 6) is 0.112. The van der Waals surface area contributed by atoms with Gasteiger partial charge in [0.25, 0.3) is 0 Å². The molecule has 0 radical (unpaired) electrons. The van der Waals surface area contributed by atoms with Gasteiger partial charge in [0.15, 0.2) is 0 Å². The number of aliphatic hydroxyl groups is 1. The lowest BCUT2D eigenvalue weighted by atomic mass is 10.2. The van der Waals surface area contributed by atoms with Gasteiger partial charge in [-0.3, -0.25) is 0 Å². The van der Waals surface area contributed by atoms with Crippen molar-refractivity contribution in [2.75, 3.05) is 24.6 Å². The smallest absolute Gasteiger partial charge is 0.395 e. The van der Waals surface area contributed by atoms with Crippen LogP contribution >= 0.6 is 11.6 Å². The third-order valence-corrected chi connectivity index (χ3v) is 2.38. The third kappa shape index (κ3) is 3.74. The Morgan fingerprint density at radius 3 is 2.53 bits per heavy atom. The zero-order valence-electron chi connectivity index (χ0n) is 9.13. The number of aliphatic hydroxyl groups excluding tert-OH is 1. The lowest BCUT2D eigenvalue weighted by Gasteiger charge is -2.21. The number of likely N-dealkylation sites (N-methyl/N-ethyl adjacent to an activating group) is 1. The molecule has 0 aromatic carbocycles. The SMILES string of the molecule is CCN(CCO)c1cc(C(F)(F)F)cc(Cl)n1. The van der Waals surface area contributed by atoms with Gasteiger partial charge in [-0.15, -0.1) is 0 Å². The highest BCUT2D eigenvalue weighted by atomic mass is 35.5. The Morgan fingerprint density at radius 1 is 1.41 bits per heavy atom. The van der Waals surface area contributed by atoms with E-state index in [4.69, 9.17) is 16.7 Å². The van der Waals surface area contributed by atoms with E-state index in [1.807, 2.05) is 0 Å². The van der Waals surface area contributed by atoms with Crippen molar-refractivity contribution in [3.63, 3.8) is 0 Å². The number of pyridine rings is 1. The average Bonchev–Trinajstić information content (AvgIpc) is 2.23. The third-order valence-electron chi connectivity index (χ3n) is 2.18. The molecule has 0 bridgehead atoms. The minimum atomic E-state index is -4.46. The number of nitrogens with zero attached hydrogens (tertiary/aromatic N) is 2. The molecule has 7 heteroatoms. The zero-order chi connectivity index (χ0) is 13.1. The number of halogens is 4. The van der Waals surface area contributed by atoms with Crippen LogP contribution in [0.4, 0.5) is 19.0 Å². The largest absolute Gasteiger partial charge is 0.416 e. The highest BCUT2D eigenvalue weighted by molar-refractivity contribution is 6.29. The van der Waals surface area contributed by atoms with Gasteiger partial charge < -0.3 is 10.0 Å². The number of aromatic nitrogens is 1. The average molecular weight is 269 g/mol. The van der Waals surface area contributed by atoms with Gasteiger partial charge in [0.2, 0.25) is 0 Å². The summed E-state index contributed by atoms with van der Waals surface area (Å²) in [6.45, 7) is 2.24. The van der Waals surface area contributed by atoms with Crippen LogP contribution in [0.15, 0.2) is 12.1 Å². The molecule has 0 saturated heterocycles. The monoisotopic (exact) mass is 268 g/mol. The Bertz CT molecular complexity index is 384. The fourth-order valence-corrected chi connectivity index (χ4v) is 1.57. The molecule has 1 heterocycles. The molecule has 1 aromatic rings. The summed E-state index contributed by atoms with van der Waals surface area (Å²) in [7, 11) is 0. The molecule has 0 aliphatic carbocycles. The van der Waals surface area contributed by atoms with E-state index < -0.39 is 11.7 Å². The molecular weight excluding hydrogens is 257 g/mol. The van der Waals surface area contributed by atoms with E-state index in [0.717, 1.165) is 12.1 Å². The van der Waals surface area contributed by atoms with Crippen LogP contribution in [0.3, 0.4) is 0 Å². The maximum atomic E-state index is 12.5. The summed E-state index contributed by atoms with van der Waals surface area (Å²) in [5.41, 5.74) is -0.844. The van der Waals surface area contributed by atoms with Crippen molar-refractivity contribution in [3.8, 4) is 0 Å². The molecule has 0 fully saturated rings. The molecule has 0 amide bonds. The molecule has 1 rings (SSSR count). The van der Waals surface area contributed by atoms with E-state index in [-0.39, 0.29) is 24.1 Å². The highest BCUT2D eigenvalue weighted by Crippen LogP contribution is 2.32. The van der Waals surface area contributed by atoms with Gasteiger partial charge in [-0.2, -0.15) is 13.2 Å². The number of hydrogen-bond acceptors (Lipinski definition) is 3. The van der Waals surface area contributed by atoms with Gasteiger partial charge in [0, 0.05) is 13.1 Å². The van der Waals surface area contributed by atoms with E-state index in [1.54, 1.807) is 6.92 Å². The van der Waals surface area contributed by atoms with Gasteiger partial charge in [-0.05, 0) is 19.1 Å².